The highest BCUT2D eigenvalue weighted by Gasteiger charge is 2.41. The lowest BCUT2D eigenvalue weighted by Gasteiger charge is -2.39. The predicted octanol–water partition coefficient (Wildman–Crippen LogP) is 2.38. The number of aromatic nitrogens is 1. The Morgan fingerprint density at radius 3 is 2.57 bits per heavy atom. The number of nitriles is 1. The highest BCUT2D eigenvalue weighted by atomic mass is 16.7. The summed E-state index contributed by atoms with van der Waals surface area (Å²) in [6.07, 6.45) is 3.82. The Balaban J connectivity index is 1.73. The Morgan fingerprint density at radius 1 is 1.29 bits per heavy atom. The molecule has 5 heteroatoms. The number of rotatable bonds is 2. The van der Waals surface area contributed by atoms with Gasteiger partial charge in [-0.15, -0.1) is 0 Å². The molecule has 0 N–H and O–H groups in total. The van der Waals surface area contributed by atoms with E-state index in [1.54, 1.807) is 0 Å². The Kier molecular flexibility index (Phi) is 3.83. The summed E-state index contributed by atoms with van der Waals surface area (Å²) in [4.78, 5) is 6.70. The maximum absolute atomic E-state index is 9.27. The van der Waals surface area contributed by atoms with Crippen LogP contribution in [0.25, 0.3) is 0 Å². The van der Waals surface area contributed by atoms with Crippen LogP contribution < -0.4 is 4.90 Å². The summed E-state index contributed by atoms with van der Waals surface area (Å²) in [6.45, 7) is 3.37. The first-order valence-electron chi connectivity index (χ1n) is 7.52. The van der Waals surface area contributed by atoms with Crippen LogP contribution in [0, 0.1) is 18.3 Å². The first-order chi connectivity index (χ1) is 10.1. The number of nitrogens with zero attached hydrogens (tertiary/aromatic N) is 3. The largest absolute Gasteiger partial charge is 0.356 e. The van der Waals surface area contributed by atoms with Gasteiger partial charge < -0.3 is 14.4 Å². The van der Waals surface area contributed by atoms with Crippen LogP contribution in [0.2, 0.25) is 0 Å². The Morgan fingerprint density at radius 2 is 1.95 bits per heavy atom. The molecule has 1 aromatic heterocycles. The lowest BCUT2D eigenvalue weighted by molar-refractivity contribution is -0.178. The van der Waals surface area contributed by atoms with E-state index in [1.165, 1.54) is 0 Å². The predicted molar refractivity (Wildman–Crippen MR) is 79.0 cm³/mol. The quantitative estimate of drug-likeness (QED) is 0.836. The fourth-order valence-electron chi connectivity index (χ4n) is 3.29. The highest BCUT2D eigenvalue weighted by molar-refractivity contribution is 5.54. The molecule has 0 atom stereocenters. The molecule has 21 heavy (non-hydrogen) atoms. The summed E-state index contributed by atoms with van der Waals surface area (Å²) in [5.41, 5.74) is 1.57. The van der Waals surface area contributed by atoms with Crippen LogP contribution in [-0.2, 0) is 9.47 Å². The minimum absolute atomic E-state index is 0.338. The van der Waals surface area contributed by atoms with E-state index in [1.807, 2.05) is 26.1 Å². The standard InChI is InChI=1S/C16H21N3O2/c1-12-3-4-13(11-17)15(18-12)19(2)14-5-7-16(8-6-14)20-9-10-21-16/h3-4,14H,5-10H2,1-2H3. The van der Waals surface area contributed by atoms with Gasteiger partial charge in [-0.2, -0.15) is 5.26 Å². The van der Waals surface area contributed by atoms with Gasteiger partial charge >= 0.3 is 0 Å². The van der Waals surface area contributed by atoms with Gasteiger partial charge in [-0.3, -0.25) is 0 Å². The minimum atomic E-state index is -0.338. The van der Waals surface area contributed by atoms with Gasteiger partial charge in [-0.25, -0.2) is 4.98 Å². The van der Waals surface area contributed by atoms with Gasteiger partial charge in [0.2, 0.25) is 0 Å². The zero-order valence-electron chi connectivity index (χ0n) is 12.6. The van der Waals surface area contributed by atoms with Crippen molar-refractivity contribution in [2.75, 3.05) is 25.2 Å². The summed E-state index contributed by atoms with van der Waals surface area (Å²) >= 11 is 0. The van der Waals surface area contributed by atoms with Crippen LogP contribution in [0.1, 0.15) is 36.9 Å². The van der Waals surface area contributed by atoms with E-state index in [0.717, 1.165) is 37.2 Å². The molecule has 0 unspecified atom stereocenters. The first kappa shape index (κ1) is 14.3. The number of aryl methyl sites for hydroxylation is 1. The van der Waals surface area contributed by atoms with E-state index >= 15 is 0 Å². The summed E-state index contributed by atoms with van der Waals surface area (Å²) in [5.74, 6) is 0.446. The molecule has 2 heterocycles. The van der Waals surface area contributed by atoms with Crippen molar-refractivity contribution in [1.82, 2.24) is 4.98 Å². The molecule has 0 amide bonds. The molecule has 0 radical (unpaired) electrons. The third kappa shape index (κ3) is 2.74. The Bertz CT molecular complexity index is 551. The first-order valence-corrected chi connectivity index (χ1v) is 7.52. The van der Waals surface area contributed by atoms with Gasteiger partial charge in [-0.05, 0) is 31.9 Å². The van der Waals surface area contributed by atoms with Crippen molar-refractivity contribution in [3.05, 3.63) is 23.4 Å². The van der Waals surface area contributed by atoms with E-state index < -0.39 is 0 Å². The van der Waals surface area contributed by atoms with Gasteiger partial charge in [0.05, 0.1) is 18.8 Å². The fourth-order valence-corrected chi connectivity index (χ4v) is 3.29. The molecule has 112 valence electrons. The van der Waals surface area contributed by atoms with E-state index in [9.17, 15) is 5.26 Å². The third-order valence-electron chi connectivity index (χ3n) is 4.55. The van der Waals surface area contributed by atoms with Gasteiger partial charge in [-0.1, -0.05) is 0 Å². The second kappa shape index (κ2) is 5.63. The zero-order valence-corrected chi connectivity index (χ0v) is 12.6. The second-order valence-electron chi connectivity index (χ2n) is 5.89. The maximum atomic E-state index is 9.27. The number of hydrogen-bond acceptors (Lipinski definition) is 5. The van der Waals surface area contributed by atoms with Crippen LogP contribution in [0.4, 0.5) is 5.82 Å². The smallest absolute Gasteiger partial charge is 0.168 e. The van der Waals surface area contributed by atoms with E-state index in [0.29, 0.717) is 24.8 Å². The molecular weight excluding hydrogens is 266 g/mol. The van der Waals surface area contributed by atoms with Crippen LogP contribution in [0.15, 0.2) is 12.1 Å². The zero-order chi connectivity index (χ0) is 14.9. The second-order valence-corrected chi connectivity index (χ2v) is 5.89. The monoisotopic (exact) mass is 287 g/mol. The lowest BCUT2D eigenvalue weighted by Crippen LogP contribution is -2.43. The molecule has 1 aliphatic carbocycles. The summed E-state index contributed by atoms with van der Waals surface area (Å²) in [6, 6.07) is 6.35. The summed E-state index contributed by atoms with van der Waals surface area (Å²) in [5, 5.41) is 9.27. The molecule has 3 rings (SSSR count). The summed E-state index contributed by atoms with van der Waals surface area (Å²) in [7, 11) is 2.03. The number of ether oxygens (including phenoxy) is 2. The van der Waals surface area contributed by atoms with Gasteiger partial charge in [0, 0.05) is 31.6 Å². The average molecular weight is 287 g/mol. The fraction of sp³-hybridized carbons (Fsp3) is 0.625. The van der Waals surface area contributed by atoms with E-state index in [2.05, 4.69) is 16.0 Å². The van der Waals surface area contributed by atoms with Crippen LogP contribution in [-0.4, -0.2) is 37.1 Å². The Labute approximate surface area is 125 Å². The highest BCUT2D eigenvalue weighted by Crippen LogP contribution is 2.38. The molecule has 1 aliphatic heterocycles. The van der Waals surface area contributed by atoms with Crippen molar-refractivity contribution in [2.24, 2.45) is 0 Å². The molecule has 2 aliphatic rings. The van der Waals surface area contributed by atoms with Crippen molar-refractivity contribution in [2.45, 2.75) is 44.4 Å². The molecule has 0 bridgehead atoms. The summed E-state index contributed by atoms with van der Waals surface area (Å²) < 4.78 is 11.5. The molecule has 1 saturated heterocycles. The SMILES string of the molecule is Cc1ccc(C#N)c(N(C)C2CCC3(CC2)OCCO3)n1. The van der Waals surface area contributed by atoms with Gasteiger partial charge in [0.15, 0.2) is 5.79 Å². The average Bonchev–Trinajstić information content (AvgIpc) is 2.95. The van der Waals surface area contributed by atoms with Crippen LogP contribution in [0.5, 0.6) is 0 Å². The molecule has 0 aromatic carbocycles. The van der Waals surface area contributed by atoms with Gasteiger partial charge in [0.1, 0.15) is 11.9 Å². The molecule has 1 aromatic rings. The van der Waals surface area contributed by atoms with E-state index in [4.69, 9.17) is 9.47 Å². The maximum Gasteiger partial charge on any atom is 0.168 e. The van der Waals surface area contributed by atoms with Crippen LogP contribution in [0.3, 0.4) is 0 Å². The minimum Gasteiger partial charge on any atom is -0.356 e. The lowest BCUT2D eigenvalue weighted by atomic mass is 9.89. The van der Waals surface area contributed by atoms with Crippen molar-refractivity contribution < 1.29 is 9.47 Å². The van der Waals surface area contributed by atoms with E-state index in [-0.39, 0.29) is 5.79 Å². The number of hydrogen-bond donors (Lipinski definition) is 0. The number of pyridine rings is 1. The number of anilines is 1. The van der Waals surface area contributed by atoms with Gasteiger partial charge in [0.25, 0.3) is 0 Å². The van der Waals surface area contributed by atoms with Crippen molar-refractivity contribution >= 4 is 5.82 Å². The van der Waals surface area contributed by atoms with Crippen molar-refractivity contribution in [3.63, 3.8) is 0 Å². The third-order valence-corrected chi connectivity index (χ3v) is 4.55. The molecule has 1 spiro atoms. The Hall–Kier alpha value is -1.64. The molecule has 2 fully saturated rings. The molecule has 5 nitrogen and oxygen atoms in total. The van der Waals surface area contributed by atoms with Crippen molar-refractivity contribution in [3.8, 4) is 6.07 Å². The molecular formula is C16H21N3O2. The topological polar surface area (TPSA) is 58.4 Å². The van der Waals surface area contributed by atoms with Crippen LogP contribution >= 0.6 is 0 Å². The molecule has 1 saturated carbocycles. The normalized spacial score (nSPS) is 21.4. The van der Waals surface area contributed by atoms with Crippen molar-refractivity contribution in [1.29, 1.82) is 5.26 Å².